The van der Waals surface area contributed by atoms with Crippen LogP contribution in [0, 0.1) is 11.3 Å². The lowest BCUT2D eigenvalue weighted by atomic mass is 10.0. The molecule has 158 valence electrons. The fourth-order valence-corrected chi connectivity index (χ4v) is 3.74. The highest BCUT2D eigenvalue weighted by Crippen LogP contribution is 2.23. The minimum atomic E-state index is -0.459. The van der Waals surface area contributed by atoms with Crippen molar-refractivity contribution in [3.63, 3.8) is 0 Å². The van der Waals surface area contributed by atoms with E-state index in [2.05, 4.69) is 26.5 Å². The topological polar surface area (TPSA) is 95.0 Å². The van der Waals surface area contributed by atoms with Crippen LogP contribution >= 0.6 is 0 Å². The maximum atomic E-state index is 12.9. The molecule has 7 heteroatoms. The molecule has 2 heterocycles. The average molecular weight is 415 g/mol. The van der Waals surface area contributed by atoms with Crippen LogP contribution in [0.1, 0.15) is 59.1 Å². The molecule has 1 amide bonds. The number of nitrogens with zero attached hydrogens (tertiary/aromatic N) is 4. The molecule has 2 aromatic carbocycles. The predicted molar refractivity (Wildman–Crippen MR) is 116 cm³/mol. The molecule has 0 saturated carbocycles. The molecule has 1 aliphatic heterocycles. The van der Waals surface area contributed by atoms with E-state index in [-0.39, 0.29) is 5.91 Å². The number of hydrogen-bond acceptors (Lipinski definition) is 6. The molecular weight excluding hydrogens is 390 g/mol. The van der Waals surface area contributed by atoms with Crippen LogP contribution in [0.15, 0.2) is 59.0 Å². The maximum absolute atomic E-state index is 12.9. The van der Waals surface area contributed by atoms with Crippen molar-refractivity contribution in [1.82, 2.24) is 15.5 Å². The van der Waals surface area contributed by atoms with Crippen molar-refractivity contribution in [2.75, 3.05) is 18.0 Å². The summed E-state index contributed by atoms with van der Waals surface area (Å²) in [5.41, 5.74) is 2.04. The van der Waals surface area contributed by atoms with Crippen LogP contribution in [0.25, 0.3) is 0 Å². The lowest BCUT2D eigenvalue weighted by Crippen LogP contribution is -2.30. The molecule has 1 aliphatic rings. The Bertz CT molecular complexity index is 1030. The summed E-state index contributed by atoms with van der Waals surface area (Å²) in [6.07, 6.45) is 5.19. The number of hydrogen-bond donors (Lipinski definition) is 1. The first-order chi connectivity index (χ1) is 15.2. The number of anilines is 1. The van der Waals surface area contributed by atoms with Gasteiger partial charge in [0, 0.05) is 25.1 Å². The van der Waals surface area contributed by atoms with Gasteiger partial charge in [-0.15, -0.1) is 5.10 Å². The monoisotopic (exact) mass is 415 g/mol. The second-order valence-electron chi connectivity index (χ2n) is 7.73. The lowest BCUT2D eigenvalue weighted by molar-refractivity contribution is 0.0930. The molecular formula is C24H25N5O2. The third-order valence-corrected chi connectivity index (χ3v) is 5.47. The Labute approximate surface area is 181 Å². The van der Waals surface area contributed by atoms with Crippen LogP contribution in [0.4, 0.5) is 6.01 Å². The van der Waals surface area contributed by atoms with Crippen molar-refractivity contribution >= 4 is 11.9 Å². The number of benzene rings is 2. The Balaban J connectivity index is 1.55. The molecule has 1 atom stereocenters. The van der Waals surface area contributed by atoms with Crippen molar-refractivity contribution in [1.29, 1.82) is 5.26 Å². The number of carbonyl (C=O) groups excluding carboxylic acids is 1. The summed E-state index contributed by atoms with van der Waals surface area (Å²) in [6.45, 7) is 1.81. The summed E-state index contributed by atoms with van der Waals surface area (Å²) in [5, 5.41) is 20.5. The van der Waals surface area contributed by atoms with Crippen molar-refractivity contribution < 1.29 is 9.21 Å². The lowest BCUT2D eigenvalue weighted by Gasteiger charge is -2.18. The van der Waals surface area contributed by atoms with Gasteiger partial charge >= 0.3 is 6.01 Å². The standard InChI is InChI=1S/C24H25N5O2/c25-17-19-10-12-20(13-11-19)22(30)26-21(16-18-8-4-3-5-9-18)23-27-28-24(31-23)29-14-6-1-2-7-15-29/h3-5,8-13,21H,1-2,6-7,14-16H2,(H,26,30). The van der Waals surface area contributed by atoms with Crippen LogP contribution < -0.4 is 10.2 Å². The zero-order chi connectivity index (χ0) is 21.5. The Morgan fingerprint density at radius 3 is 2.42 bits per heavy atom. The van der Waals surface area contributed by atoms with Gasteiger partial charge in [0.05, 0.1) is 11.6 Å². The fraction of sp³-hybridized carbons (Fsp3) is 0.333. The van der Waals surface area contributed by atoms with Gasteiger partial charge in [-0.25, -0.2) is 0 Å². The van der Waals surface area contributed by atoms with Gasteiger partial charge in [0.25, 0.3) is 5.91 Å². The zero-order valence-electron chi connectivity index (χ0n) is 17.3. The van der Waals surface area contributed by atoms with Gasteiger partial charge in [0.15, 0.2) is 0 Å². The zero-order valence-corrected chi connectivity index (χ0v) is 17.3. The van der Waals surface area contributed by atoms with E-state index >= 15 is 0 Å². The van der Waals surface area contributed by atoms with Crippen molar-refractivity contribution in [2.45, 2.75) is 38.1 Å². The third kappa shape index (κ3) is 5.28. The van der Waals surface area contributed by atoms with Gasteiger partial charge in [-0.3, -0.25) is 4.79 Å². The van der Waals surface area contributed by atoms with E-state index in [0.29, 0.717) is 29.5 Å². The second kappa shape index (κ2) is 9.90. The van der Waals surface area contributed by atoms with Gasteiger partial charge in [-0.1, -0.05) is 48.3 Å². The summed E-state index contributed by atoms with van der Waals surface area (Å²) in [6, 6.07) is 18.6. The second-order valence-corrected chi connectivity index (χ2v) is 7.73. The number of aromatic nitrogens is 2. The van der Waals surface area contributed by atoms with E-state index in [1.807, 2.05) is 30.3 Å². The Morgan fingerprint density at radius 1 is 1.03 bits per heavy atom. The molecule has 4 rings (SSSR count). The van der Waals surface area contributed by atoms with Gasteiger partial charge in [0.1, 0.15) is 6.04 Å². The van der Waals surface area contributed by atoms with Gasteiger partial charge in [-0.05, 0) is 42.7 Å². The van der Waals surface area contributed by atoms with E-state index in [4.69, 9.17) is 9.68 Å². The van der Waals surface area contributed by atoms with Crippen LogP contribution in [0.5, 0.6) is 0 Å². The van der Waals surface area contributed by atoms with Crippen LogP contribution in [-0.4, -0.2) is 29.2 Å². The summed E-state index contributed by atoms with van der Waals surface area (Å²) >= 11 is 0. The number of rotatable bonds is 6. The molecule has 31 heavy (non-hydrogen) atoms. The molecule has 0 bridgehead atoms. The molecule has 1 fully saturated rings. The smallest absolute Gasteiger partial charge is 0.318 e. The Kier molecular flexibility index (Phi) is 6.58. The van der Waals surface area contributed by atoms with Gasteiger partial charge < -0.3 is 14.6 Å². The van der Waals surface area contributed by atoms with Crippen LogP contribution in [0.3, 0.4) is 0 Å². The van der Waals surface area contributed by atoms with E-state index in [1.54, 1.807) is 24.3 Å². The first kappa shape index (κ1) is 20.6. The van der Waals surface area contributed by atoms with E-state index in [9.17, 15) is 4.79 Å². The van der Waals surface area contributed by atoms with E-state index in [0.717, 1.165) is 31.5 Å². The van der Waals surface area contributed by atoms with Crippen LogP contribution in [0.2, 0.25) is 0 Å². The minimum absolute atomic E-state index is 0.250. The van der Waals surface area contributed by atoms with Gasteiger partial charge in [0.2, 0.25) is 5.89 Å². The molecule has 7 nitrogen and oxygen atoms in total. The fourth-order valence-electron chi connectivity index (χ4n) is 3.74. The molecule has 0 aliphatic carbocycles. The molecule has 3 aromatic rings. The number of carbonyl (C=O) groups is 1. The molecule has 1 aromatic heterocycles. The van der Waals surface area contributed by atoms with E-state index in [1.165, 1.54) is 12.8 Å². The average Bonchev–Trinajstić information content (AvgIpc) is 3.15. The molecule has 0 spiro atoms. The molecule has 1 N–H and O–H groups in total. The van der Waals surface area contributed by atoms with Crippen molar-refractivity contribution in [3.8, 4) is 6.07 Å². The number of nitriles is 1. The molecule has 1 unspecified atom stereocenters. The van der Waals surface area contributed by atoms with Crippen molar-refractivity contribution in [3.05, 3.63) is 77.2 Å². The number of nitrogens with one attached hydrogen (secondary N) is 1. The van der Waals surface area contributed by atoms with Gasteiger partial charge in [-0.2, -0.15) is 5.26 Å². The largest absolute Gasteiger partial charge is 0.406 e. The number of amides is 1. The highest BCUT2D eigenvalue weighted by molar-refractivity contribution is 5.94. The van der Waals surface area contributed by atoms with Crippen molar-refractivity contribution in [2.24, 2.45) is 0 Å². The SMILES string of the molecule is N#Cc1ccc(C(=O)NC(Cc2ccccc2)c2nnc(N3CCCCCC3)o2)cc1. The Morgan fingerprint density at radius 2 is 1.74 bits per heavy atom. The minimum Gasteiger partial charge on any atom is -0.406 e. The summed E-state index contributed by atoms with van der Waals surface area (Å²) in [7, 11) is 0. The Hall–Kier alpha value is -3.66. The summed E-state index contributed by atoms with van der Waals surface area (Å²) < 4.78 is 6.03. The third-order valence-electron chi connectivity index (χ3n) is 5.47. The van der Waals surface area contributed by atoms with Crippen LogP contribution in [-0.2, 0) is 6.42 Å². The normalized spacial score (nSPS) is 15.0. The van der Waals surface area contributed by atoms with E-state index < -0.39 is 6.04 Å². The molecule has 1 saturated heterocycles. The first-order valence-electron chi connectivity index (χ1n) is 10.7. The predicted octanol–water partition coefficient (Wildman–Crippen LogP) is 4.04. The highest BCUT2D eigenvalue weighted by Gasteiger charge is 2.24. The summed E-state index contributed by atoms with van der Waals surface area (Å²) in [4.78, 5) is 15.0. The maximum Gasteiger partial charge on any atom is 0.318 e. The molecule has 0 radical (unpaired) electrons. The first-order valence-corrected chi connectivity index (χ1v) is 10.7. The summed E-state index contributed by atoms with van der Waals surface area (Å²) in [5.74, 6) is 0.144. The quantitative estimate of drug-likeness (QED) is 0.653. The highest BCUT2D eigenvalue weighted by atomic mass is 16.4.